The first-order chi connectivity index (χ1) is 10.0. The fraction of sp³-hybridized carbons (Fsp3) is 0.438. The number of halogens is 1. The van der Waals surface area contributed by atoms with Crippen molar-refractivity contribution in [3.8, 4) is 0 Å². The summed E-state index contributed by atoms with van der Waals surface area (Å²) in [7, 11) is 2.04. The van der Waals surface area contributed by atoms with Gasteiger partial charge in [-0.05, 0) is 44.2 Å². The highest BCUT2D eigenvalue weighted by Crippen LogP contribution is 2.28. The molecule has 0 amide bonds. The molecule has 114 valence electrons. The van der Waals surface area contributed by atoms with Gasteiger partial charge in [0.25, 0.3) is 0 Å². The first-order valence-corrected chi connectivity index (χ1v) is 8.03. The molecule has 2 aromatic rings. The maximum atomic E-state index is 13.6. The minimum absolute atomic E-state index is 0.116. The van der Waals surface area contributed by atoms with Crippen LogP contribution in [0.4, 0.5) is 10.1 Å². The molecule has 0 saturated carbocycles. The molecule has 0 bridgehead atoms. The number of nitrogens with zero attached hydrogens (tertiary/aromatic N) is 2. The summed E-state index contributed by atoms with van der Waals surface area (Å²) < 4.78 is 13.6. The van der Waals surface area contributed by atoms with Gasteiger partial charge < -0.3 is 10.2 Å². The Kier molecular flexibility index (Phi) is 5.31. The first kappa shape index (κ1) is 15.9. The highest BCUT2D eigenvalue weighted by atomic mass is 32.1. The average Bonchev–Trinajstić information content (AvgIpc) is 2.84. The van der Waals surface area contributed by atoms with Crippen LogP contribution in [0.2, 0.25) is 0 Å². The van der Waals surface area contributed by atoms with E-state index in [1.807, 2.05) is 25.5 Å². The Morgan fingerprint density at radius 3 is 2.81 bits per heavy atom. The van der Waals surface area contributed by atoms with Gasteiger partial charge in [0, 0.05) is 23.7 Å². The van der Waals surface area contributed by atoms with Gasteiger partial charge in [-0.15, -0.1) is 11.3 Å². The lowest BCUT2D eigenvalue weighted by Gasteiger charge is -2.25. The summed E-state index contributed by atoms with van der Waals surface area (Å²) >= 11 is 1.66. The Morgan fingerprint density at radius 1 is 1.43 bits per heavy atom. The number of anilines is 1. The van der Waals surface area contributed by atoms with Crippen molar-refractivity contribution in [2.75, 3.05) is 18.5 Å². The van der Waals surface area contributed by atoms with Gasteiger partial charge in [0.05, 0.1) is 17.7 Å². The fourth-order valence-corrected chi connectivity index (χ4v) is 3.24. The van der Waals surface area contributed by atoms with Gasteiger partial charge in [-0.1, -0.05) is 6.92 Å². The van der Waals surface area contributed by atoms with Crippen LogP contribution < -0.4 is 10.2 Å². The van der Waals surface area contributed by atoms with E-state index in [0.717, 1.165) is 30.0 Å². The van der Waals surface area contributed by atoms with Crippen molar-refractivity contribution in [2.24, 2.45) is 0 Å². The third-order valence-electron chi connectivity index (χ3n) is 3.60. The largest absolute Gasteiger partial charge is 0.369 e. The van der Waals surface area contributed by atoms with E-state index in [9.17, 15) is 4.39 Å². The highest BCUT2D eigenvalue weighted by molar-refractivity contribution is 7.09. The highest BCUT2D eigenvalue weighted by Gasteiger charge is 2.15. The number of benzene rings is 1. The molecule has 1 N–H and O–H groups in total. The van der Waals surface area contributed by atoms with E-state index in [1.165, 1.54) is 10.9 Å². The summed E-state index contributed by atoms with van der Waals surface area (Å²) in [5.41, 5.74) is 4.97. The number of rotatable bonds is 6. The molecular formula is C16H22FN3S. The second-order valence-corrected chi connectivity index (χ2v) is 6.14. The van der Waals surface area contributed by atoms with Crippen molar-refractivity contribution in [3.05, 3.63) is 45.7 Å². The van der Waals surface area contributed by atoms with Gasteiger partial charge in [0.2, 0.25) is 0 Å². The molecule has 0 saturated heterocycles. The predicted molar refractivity (Wildman–Crippen MR) is 87.4 cm³/mol. The van der Waals surface area contributed by atoms with Crippen LogP contribution in [0.1, 0.15) is 36.0 Å². The summed E-state index contributed by atoms with van der Waals surface area (Å²) in [6, 6.07) is 5.12. The van der Waals surface area contributed by atoms with Gasteiger partial charge in [0.1, 0.15) is 5.82 Å². The summed E-state index contributed by atoms with van der Waals surface area (Å²) in [5.74, 6) is -0.194. The van der Waals surface area contributed by atoms with Crippen LogP contribution in [0.5, 0.6) is 0 Å². The third kappa shape index (κ3) is 3.80. The summed E-state index contributed by atoms with van der Waals surface area (Å²) in [5, 5.41) is 3.35. The maximum absolute atomic E-state index is 13.6. The minimum atomic E-state index is -0.194. The van der Waals surface area contributed by atoms with Crippen molar-refractivity contribution >= 4 is 17.0 Å². The first-order valence-electron chi connectivity index (χ1n) is 7.15. The molecule has 0 radical (unpaired) electrons. The van der Waals surface area contributed by atoms with Crippen LogP contribution >= 0.6 is 11.3 Å². The number of hydrogen-bond acceptors (Lipinski definition) is 4. The van der Waals surface area contributed by atoms with E-state index in [1.54, 1.807) is 17.4 Å². The number of aryl methyl sites for hydroxylation is 1. The lowest BCUT2D eigenvalue weighted by molar-refractivity contribution is 0.582. The van der Waals surface area contributed by atoms with E-state index in [0.29, 0.717) is 0 Å². The van der Waals surface area contributed by atoms with E-state index >= 15 is 0 Å². The number of thiazole rings is 1. The molecule has 2 rings (SSSR count). The molecule has 1 heterocycles. The van der Waals surface area contributed by atoms with E-state index in [4.69, 9.17) is 0 Å². The van der Waals surface area contributed by atoms with Crippen molar-refractivity contribution in [1.82, 2.24) is 10.3 Å². The molecule has 1 aromatic carbocycles. The summed E-state index contributed by atoms with van der Waals surface area (Å²) in [6.45, 7) is 7.78. The number of hydrogen-bond donors (Lipinski definition) is 1. The third-order valence-corrected chi connectivity index (χ3v) is 4.52. The molecule has 1 aromatic heterocycles. The molecule has 1 atom stereocenters. The molecule has 1 unspecified atom stereocenters. The van der Waals surface area contributed by atoms with E-state index < -0.39 is 0 Å². The maximum Gasteiger partial charge on any atom is 0.123 e. The molecule has 3 nitrogen and oxygen atoms in total. The van der Waals surface area contributed by atoms with Crippen molar-refractivity contribution in [2.45, 2.75) is 33.4 Å². The van der Waals surface area contributed by atoms with E-state index in [-0.39, 0.29) is 11.9 Å². The van der Waals surface area contributed by atoms with Gasteiger partial charge in [0.15, 0.2) is 0 Å². The van der Waals surface area contributed by atoms with Gasteiger partial charge in [-0.25, -0.2) is 9.37 Å². The monoisotopic (exact) mass is 307 g/mol. The summed E-state index contributed by atoms with van der Waals surface area (Å²) in [4.78, 5) is 7.68. The average molecular weight is 307 g/mol. The van der Waals surface area contributed by atoms with Crippen LogP contribution in [-0.4, -0.2) is 18.6 Å². The standard InChI is InChI=1S/C16H22FN3S/c1-5-18-11(2)14-8-13(17)6-7-15(14)20(4)9-16-12(3)19-10-21-16/h6-8,10-11,18H,5,9H2,1-4H3. The molecule has 0 aliphatic heterocycles. The topological polar surface area (TPSA) is 28.2 Å². The number of aromatic nitrogens is 1. The van der Waals surface area contributed by atoms with Gasteiger partial charge in [-0.3, -0.25) is 0 Å². The van der Waals surface area contributed by atoms with Gasteiger partial charge >= 0.3 is 0 Å². The fourth-order valence-electron chi connectivity index (χ4n) is 2.41. The lowest BCUT2D eigenvalue weighted by Crippen LogP contribution is -2.23. The smallest absolute Gasteiger partial charge is 0.123 e. The Morgan fingerprint density at radius 2 is 2.19 bits per heavy atom. The van der Waals surface area contributed by atoms with Crippen LogP contribution in [0.15, 0.2) is 23.7 Å². The molecule has 0 spiro atoms. The molecule has 5 heteroatoms. The van der Waals surface area contributed by atoms with Crippen LogP contribution in [0.3, 0.4) is 0 Å². The summed E-state index contributed by atoms with van der Waals surface area (Å²) in [6.07, 6.45) is 0. The molecule has 0 aliphatic carbocycles. The quantitative estimate of drug-likeness (QED) is 0.877. The molecule has 0 aliphatic rings. The van der Waals surface area contributed by atoms with Crippen molar-refractivity contribution < 1.29 is 4.39 Å². The zero-order chi connectivity index (χ0) is 15.4. The van der Waals surface area contributed by atoms with Gasteiger partial charge in [-0.2, -0.15) is 0 Å². The van der Waals surface area contributed by atoms with Crippen LogP contribution in [0.25, 0.3) is 0 Å². The van der Waals surface area contributed by atoms with Crippen LogP contribution in [0, 0.1) is 12.7 Å². The van der Waals surface area contributed by atoms with E-state index in [2.05, 4.69) is 29.0 Å². The second-order valence-electron chi connectivity index (χ2n) is 5.20. The second kappa shape index (κ2) is 7.00. The van der Waals surface area contributed by atoms with Crippen LogP contribution in [-0.2, 0) is 6.54 Å². The lowest BCUT2D eigenvalue weighted by atomic mass is 10.0. The normalized spacial score (nSPS) is 12.4. The molecule has 21 heavy (non-hydrogen) atoms. The Labute approximate surface area is 129 Å². The van der Waals surface area contributed by atoms with Crippen molar-refractivity contribution in [3.63, 3.8) is 0 Å². The number of nitrogens with one attached hydrogen (secondary N) is 1. The molecular weight excluding hydrogens is 285 g/mol. The SMILES string of the molecule is CCNC(C)c1cc(F)ccc1N(C)Cc1scnc1C. The minimum Gasteiger partial charge on any atom is -0.369 e. The predicted octanol–water partition coefficient (Wildman–Crippen LogP) is 3.90. The van der Waals surface area contributed by atoms with Crippen molar-refractivity contribution in [1.29, 1.82) is 0 Å². The Balaban J connectivity index is 2.27. The zero-order valence-electron chi connectivity index (χ0n) is 13.0. The Hall–Kier alpha value is -1.46. The zero-order valence-corrected chi connectivity index (χ0v) is 13.8. The molecule has 0 fully saturated rings. The Bertz CT molecular complexity index is 597.